The van der Waals surface area contributed by atoms with Gasteiger partial charge in [0.2, 0.25) is 10.0 Å². The number of ether oxygens (including phenoxy) is 1. The summed E-state index contributed by atoms with van der Waals surface area (Å²) in [5.74, 6) is -4.28. The zero-order valence-electron chi connectivity index (χ0n) is 14.5. The first-order valence-corrected chi connectivity index (χ1v) is 9.28. The summed E-state index contributed by atoms with van der Waals surface area (Å²) in [5, 5.41) is 4.27. The minimum absolute atomic E-state index is 0.297. The van der Waals surface area contributed by atoms with Crippen LogP contribution < -0.4 is 15.4 Å². The van der Waals surface area contributed by atoms with Crippen LogP contribution in [0.15, 0.2) is 23.1 Å². The number of nitrogens with one attached hydrogen (secondary N) is 3. The fraction of sp³-hybridized carbons (Fsp3) is 0.400. The average molecular weight is 407 g/mol. The number of sulfonamides is 1. The van der Waals surface area contributed by atoms with Gasteiger partial charge < -0.3 is 10.1 Å². The molecule has 0 fully saturated rings. The first kappa shape index (κ1) is 22.4. The van der Waals surface area contributed by atoms with Crippen molar-refractivity contribution in [3.63, 3.8) is 0 Å². The third-order valence-corrected chi connectivity index (χ3v) is 4.53. The van der Waals surface area contributed by atoms with Crippen molar-refractivity contribution in [2.24, 2.45) is 0 Å². The summed E-state index contributed by atoms with van der Waals surface area (Å²) < 4.78 is 56.6. The Morgan fingerprint density at radius 2 is 1.85 bits per heavy atom. The highest BCUT2D eigenvalue weighted by Gasteiger charge is 2.21. The lowest BCUT2D eigenvalue weighted by Crippen LogP contribution is -2.44. The van der Waals surface area contributed by atoms with E-state index in [0.29, 0.717) is 18.7 Å². The van der Waals surface area contributed by atoms with E-state index < -0.39 is 63.5 Å². The quantitative estimate of drug-likeness (QED) is 0.535. The molecule has 1 aromatic carbocycles. The van der Waals surface area contributed by atoms with Crippen LogP contribution in [0.5, 0.6) is 0 Å². The van der Waals surface area contributed by atoms with E-state index in [1.54, 1.807) is 6.92 Å². The molecule has 9 nitrogen and oxygen atoms in total. The van der Waals surface area contributed by atoms with Gasteiger partial charge in [-0.25, -0.2) is 26.7 Å². The Hall–Kier alpha value is -2.60. The third-order valence-electron chi connectivity index (χ3n) is 3.07. The maximum Gasteiger partial charge on any atom is 0.321 e. The van der Waals surface area contributed by atoms with Crippen molar-refractivity contribution >= 4 is 27.9 Å². The second-order valence-electron chi connectivity index (χ2n) is 5.20. The summed E-state index contributed by atoms with van der Waals surface area (Å²) in [6.45, 7) is 2.78. The van der Waals surface area contributed by atoms with Gasteiger partial charge in [-0.3, -0.25) is 14.9 Å². The third kappa shape index (κ3) is 7.27. The van der Waals surface area contributed by atoms with Gasteiger partial charge in [-0.15, -0.1) is 0 Å². The van der Waals surface area contributed by atoms with Crippen LogP contribution in [0, 0.1) is 11.6 Å². The smallest absolute Gasteiger partial charge is 0.321 e. The van der Waals surface area contributed by atoms with Gasteiger partial charge >= 0.3 is 12.0 Å². The summed E-state index contributed by atoms with van der Waals surface area (Å²) in [6.07, 6.45) is -1.70. The van der Waals surface area contributed by atoms with Gasteiger partial charge in [-0.05, 0) is 32.0 Å². The Labute approximate surface area is 154 Å². The van der Waals surface area contributed by atoms with E-state index in [-0.39, 0.29) is 0 Å². The van der Waals surface area contributed by atoms with Crippen LogP contribution in [-0.2, 0) is 24.3 Å². The summed E-state index contributed by atoms with van der Waals surface area (Å²) in [6, 6.07) is 1.29. The van der Waals surface area contributed by atoms with E-state index in [1.165, 1.54) is 6.92 Å². The molecule has 0 radical (unpaired) electrons. The van der Waals surface area contributed by atoms with Crippen LogP contribution in [0.25, 0.3) is 0 Å². The molecule has 150 valence electrons. The molecule has 0 saturated heterocycles. The lowest BCUT2D eigenvalue weighted by Gasteiger charge is -2.13. The number of carbonyl (C=O) groups excluding carboxylic acids is 3. The molecule has 0 aliphatic heterocycles. The molecule has 0 aliphatic rings. The highest BCUT2D eigenvalue weighted by atomic mass is 32.2. The molecular formula is C15H19F2N3O6S. The lowest BCUT2D eigenvalue weighted by atomic mass is 10.3. The molecule has 1 rings (SSSR count). The molecule has 1 unspecified atom stereocenters. The Bertz CT molecular complexity index is 816. The van der Waals surface area contributed by atoms with Crippen molar-refractivity contribution in [2.45, 2.75) is 31.3 Å². The maximum absolute atomic E-state index is 13.1. The molecule has 12 heteroatoms. The zero-order chi connectivity index (χ0) is 20.6. The number of hydrogen-bond acceptors (Lipinski definition) is 6. The number of esters is 1. The summed E-state index contributed by atoms with van der Waals surface area (Å²) in [7, 11) is -4.16. The highest BCUT2D eigenvalue weighted by Crippen LogP contribution is 2.13. The van der Waals surface area contributed by atoms with Crippen molar-refractivity contribution in [1.82, 2.24) is 15.4 Å². The van der Waals surface area contributed by atoms with E-state index in [9.17, 15) is 31.6 Å². The molecule has 3 amide bonds. The van der Waals surface area contributed by atoms with Gasteiger partial charge in [0.25, 0.3) is 5.91 Å². The normalized spacial score (nSPS) is 12.1. The predicted molar refractivity (Wildman–Crippen MR) is 88.9 cm³/mol. The van der Waals surface area contributed by atoms with Crippen LogP contribution in [0.1, 0.15) is 20.3 Å². The first-order valence-electron chi connectivity index (χ1n) is 7.79. The second kappa shape index (κ2) is 9.92. The Morgan fingerprint density at radius 1 is 1.19 bits per heavy atom. The van der Waals surface area contributed by atoms with Crippen LogP contribution in [0.3, 0.4) is 0 Å². The van der Waals surface area contributed by atoms with Crippen molar-refractivity contribution in [3.05, 3.63) is 29.8 Å². The summed E-state index contributed by atoms with van der Waals surface area (Å²) in [4.78, 5) is 33.9. The van der Waals surface area contributed by atoms with Gasteiger partial charge in [0.05, 0.1) is 11.3 Å². The van der Waals surface area contributed by atoms with Gasteiger partial charge in [-0.2, -0.15) is 0 Å². The SMILES string of the molecule is CCNC(=O)NC(=O)C(C)OC(=O)CCNS(=O)(=O)c1ccc(F)c(F)c1. The molecular weight excluding hydrogens is 388 g/mol. The zero-order valence-corrected chi connectivity index (χ0v) is 15.4. The van der Waals surface area contributed by atoms with E-state index >= 15 is 0 Å². The maximum atomic E-state index is 13.1. The Morgan fingerprint density at radius 3 is 2.44 bits per heavy atom. The number of carbonyl (C=O) groups is 3. The first-order chi connectivity index (χ1) is 12.6. The van der Waals surface area contributed by atoms with Gasteiger partial charge in [0, 0.05) is 13.1 Å². The van der Waals surface area contributed by atoms with Crippen molar-refractivity contribution in [2.75, 3.05) is 13.1 Å². The van der Waals surface area contributed by atoms with E-state index in [4.69, 9.17) is 4.74 Å². The molecule has 0 aromatic heterocycles. The standard InChI is InChI=1S/C15H19F2N3O6S/c1-3-18-15(23)20-14(22)9(2)26-13(21)6-7-19-27(24,25)10-4-5-11(16)12(17)8-10/h4-5,8-9,19H,3,6-7H2,1-2H3,(H2,18,20,22,23). The van der Waals surface area contributed by atoms with E-state index in [1.807, 2.05) is 10.0 Å². The number of imide groups is 1. The van der Waals surface area contributed by atoms with Crippen molar-refractivity contribution < 1.29 is 36.3 Å². The number of benzene rings is 1. The average Bonchev–Trinajstić information content (AvgIpc) is 2.57. The van der Waals surface area contributed by atoms with Gasteiger partial charge in [0.1, 0.15) is 0 Å². The molecule has 0 bridgehead atoms. The Balaban J connectivity index is 2.48. The largest absolute Gasteiger partial charge is 0.452 e. The molecule has 1 atom stereocenters. The Kier molecular flexibility index (Phi) is 8.25. The van der Waals surface area contributed by atoms with Gasteiger partial charge in [-0.1, -0.05) is 0 Å². The number of hydrogen-bond donors (Lipinski definition) is 3. The van der Waals surface area contributed by atoms with E-state index in [0.717, 1.165) is 6.07 Å². The number of halogens is 2. The fourth-order valence-corrected chi connectivity index (χ4v) is 2.79. The summed E-state index contributed by atoms with van der Waals surface area (Å²) in [5.41, 5.74) is 0. The molecule has 0 aliphatic carbocycles. The van der Waals surface area contributed by atoms with Crippen molar-refractivity contribution in [3.8, 4) is 0 Å². The molecule has 0 heterocycles. The minimum atomic E-state index is -4.16. The minimum Gasteiger partial charge on any atom is -0.452 e. The molecule has 0 spiro atoms. The predicted octanol–water partition coefficient (Wildman–Crippen LogP) is 0.411. The monoisotopic (exact) mass is 407 g/mol. The number of rotatable bonds is 8. The van der Waals surface area contributed by atoms with Crippen LogP contribution in [0.2, 0.25) is 0 Å². The molecule has 27 heavy (non-hydrogen) atoms. The second-order valence-corrected chi connectivity index (χ2v) is 6.97. The van der Waals surface area contributed by atoms with Crippen molar-refractivity contribution in [1.29, 1.82) is 0 Å². The van der Waals surface area contributed by atoms with Gasteiger partial charge in [0.15, 0.2) is 17.7 Å². The lowest BCUT2D eigenvalue weighted by molar-refractivity contribution is -0.154. The number of amides is 3. The fourth-order valence-electron chi connectivity index (χ4n) is 1.74. The topological polar surface area (TPSA) is 131 Å². The van der Waals surface area contributed by atoms with Crippen LogP contribution in [-0.4, -0.2) is 45.5 Å². The number of urea groups is 1. The molecule has 3 N–H and O–H groups in total. The van der Waals surface area contributed by atoms with Crippen LogP contribution >= 0.6 is 0 Å². The van der Waals surface area contributed by atoms with E-state index in [2.05, 4.69) is 5.32 Å². The molecule has 0 saturated carbocycles. The summed E-state index contributed by atoms with van der Waals surface area (Å²) >= 11 is 0. The molecule has 1 aromatic rings. The highest BCUT2D eigenvalue weighted by molar-refractivity contribution is 7.89. The van der Waals surface area contributed by atoms with Crippen LogP contribution in [0.4, 0.5) is 13.6 Å².